The van der Waals surface area contributed by atoms with E-state index in [9.17, 15) is 8.42 Å². The molecule has 0 aliphatic rings. The fraction of sp³-hybridized carbons (Fsp3) is 0.182. The van der Waals surface area contributed by atoms with Gasteiger partial charge >= 0.3 is 0 Å². The van der Waals surface area contributed by atoms with Crippen LogP contribution in [0.2, 0.25) is 0 Å². The Hall–Kier alpha value is -1.67. The quantitative estimate of drug-likeness (QED) is 0.554. The summed E-state index contributed by atoms with van der Waals surface area (Å²) >= 11 is 1.41. The molecule has 0 atom stereocenters. The second-order valence-electron chi connectivity index (χ2n) is 3.75. The number of H-pyrrole nitrogens is 1. The molecule has 2 rings (SSSR count). The molecule has 0 unspecified atom stereocenters. The SMILES string of the molecule is Nc1ccccc1SCCS(=O)(=O)Nc1ncc[nH]1. The Morgan fingerprint density at radius 3 is 2.84 bits per heavy atom. The van der Waals surface area contributed by atoms with Gasteiger partial charge in [0.2, 0.25) is 16.0 Å². The molecule has 6 nitrogen and oxygen atoms in total. The zero-order valence-electron chi connectivity index (χ0n) is 10.0. The first kappa shape index (κ1) is 13.8. The first-order chi connectivity index (χ1) is 9.07. The van der Waals surface area contributed by atoms with Gasteiger partial charge in [-0.1, -0.05) is 12.1 Å². The lowest BCUT2D eigenvalue weighted by molar-refractivity contribution is 0.602. The number of nitrogen functional groups attached to an aromatic ring is 1. The van der Waals surface area contributed by atoms with Gasteiger partial charge in [-0.05, 0) is 12.1 Å². The van der Waals surface area contributed by atoms with Crippen LogP contribution in [0.5, 0.6) is 0 Å². The number of anilines is 2. The number of imidazole rings is 1. The van der Waals surface area contributed by atoms with E-state index >= 15 is 0 Å². The van der Waals surface area contributed by atoms with Crippen molar-refractivity contribution in [1.29, 1.82) is 0 Å². The minimum Gasteiger partial charge on any atom is -0.398 e. The Labute approximate surface area is 115 Å². The van der Waals surface area contributed by atoms with Crippen LogP contribution < -0.4 is 10.5 Å². The van der Waals surface area contributed by atoms with Crippen LogP contribution >= 0.6 is 11.8 Å². The number of hydrogen-bond acceptors (Lipinski definition) is 5. The van der Waals surface area contributed by atoms with Gasteiger partial charge in [-0.15, -0.1) is 11.8 Å². The van der Waals surface area contributed by atoms with Crippen LogP contribution in [0, 0.1) is 0 Å². The van der Waals surface area contributed by atoms with Gasteiger partial charge in [-0.2, -0.15) is 0 Å². The molecule has 19 heavy (non-hydrogen) atoms. The molecule has 0 aliphatic carbocycles. The number of aromatic nitrogens is 2. The fourth-order valence-electron chi connectivity index (χ4n) is 1.39. The minimum atomic E-state index is -3.39. The number of thioether (sulfide) groups is 1. The van der Waals surface area contributed by atoms with Crippen molar-refractivity contribution < 1.29 is 8.42 Å². The van der Waals surface area contributed by atoms with E-state index in [4.69, 9.17) is 5.73 Å². The van der Waals surface area contributed by atoms with Gasteiger partial charge in [-0.3, -0.25) is 4.72 Å². The maximum absolute atomic E-state index is 11.8. The molecule has 1 heterocycles. The predicted molar refractivity (Wildman–Crippen MR) is 77.6 cm³/mol. The van der Waals surface area contributed by atoms with E-state index in [0.717, 1.165) is 4.90 Å². The van der Waals surface area contributed by atoms with E-state index < -0.39 is 10.0 Å². The number of nitrogens with zero attached hydrogens (tertiary/aromatic N) is 1. The first-order valence-corrected chi connectivity index (χ1v) is 8.18. The Kier molecular flexibility index (Phi) is 4.33. The summed E-state index contributed by atoms with van der Waals surface area (Å²) < 4.78 is 25.9. The molecule has 0 bridgehead atoms. The number of nitrogens with one attached hydrogen (secondary N) is 2. The molecule has 0 saturated heterocycles. The maximum Gasteiger partial charge on any atom is 0.235 e. The molecule has 1 aromatic carbocycles. The average molecular weight is 298 g/mol. The highest BCUT2D eigenvalue weighted by Gasteiger charge is 2.12. The van der Waals surface area contributed by atoms with Crippen molar-refractivity contribution in [2.24, 2.45) is 0 Å². The third-order valence-electron chi connectivity index (χ3n) is 2.28. The molecule has 2 aromatic rings. The van der Waals surface area contributed by atoms with Gasteiger partial charge < -0.3 is 10.7 Å². The number of nitrogens with two attached hydrogens (primary N) is 1. The molecular formula is C11H14N4O2S2. The number of benzene rings is 1. The molecular weight excluding hydrogens is 284 g/mol. The normalized spacial score (nSPS) is 11.4. The van der Waals surface area contributed by atoms with Gasteiger partial charge in [0, 0.05) is 28.7 Å². The van der Waals surface area contributed by atoms with E-state index in [1.54, 1.807) is 12.3 Å². The monoisotopic (exact) mass is 298 g/mol. The van der Waals surface area contributed by atoms with Crippen molar-refractivity contribution >= 4 is 33.4 Å². The summed E-state index contributed by atoms with van der Waals surface area (Å²) in [5, 5.41) is 0. The number of sulfonamides is 1. The molecule has 0 saturated carbocycles. The molecule has 0 spiro atoms. The second-order valence-corrected chi connectivity index (χ2v) is 6.72. The van der Waals surface area contributed by atoms with Crippen LogP contribution in [0.1, 0.15) is 0 Å². The second kappa shape index (κ2) is 5.98. The van der Waals surface area contributed by atoms with Crippen molar-refractivity contribution in [3.8, 4) is 0 Å². The molecule has 0 radical (unpaired) electrons. The topological polar surface area (TPSA) is 101 Å². The lowest BCUT2D eigenvalue weighted by Crippen LogP contribution is -2.18. The van der Waals surface area contributed by atoms with Crippen molar-refractivity contribution in [2.45, 2.75) is 4.90 Å². The Balaban J connectivity index is 1.87. The van der Waals surface area contributed by atoms with Crippen molar-refractivity contribution in [3.05, 3.63) is 36.7 Å². The molecule has 102 valence electrons. The highest BCUT2D eigenvalue weighted by Crippen LogP contribution is 2.24. The van der Waals surface area contributed by atoms with Gasteiger partial charge in [-0.25, -0.2) is 13.4 Å². The molecule has 0 amide bonds. The third-order valence-corrected chi connectivity index (χ3v) is 4.87. The van der Waals surface area contributed by atoms with Gasteiger partial charge in [0.05, 0.1) is 5.75 Å². The van der Waals surface area contributed by atoms with Crippen LogP contribution in [-0.2, 0) is 10.0 Å². The summed E-state index contributed by atoms with van der Waals surface area (Å²) in [4.78, 5) is 7.38. The fourth-order valence-corrected chi connectivity index (χ4v) is 3.74. The summed E-state index contributed by atoms with van der Waals surface area (Å²) in [7, 11) is -3.39. The van der Waals surface area contributed by atoms with Crippen LogP contribution in [-0.4, -0.2) is 29.9 Å². The van der Waals surface area contributed by atoms with Crippen LogP contribution in [0.15, 0.2) is 41.6 Å². The molecule has 1 aromatic heterocycles. The third kappa shape index (κ3) is 4.18. The molecule has 0 aliphatic heterocycles. The van der Waals surface area contributed by atoms with Crippen molar-refractivity contribution in [2.75, 3.05) is 22.0 Å². The van der Waals surface area contributed by atoms with Gasteiger partial charge in [0.25, 0.3) is 0 Å². The summed E-state index contributed by atoms with van der Waals surface area (Å²) in [6.45, 7) is 0. The number of rotatable bonds is 6. The number of hydrogen-bond donors (Lipinski definition) is 3. The zero-order valence-corrected chi connectivity index (χ0v) is 11.7. The van der Waals surface area contributed by atoms with Crippen LogP contribution in [0.3, 0.4) is 0 Å². The number of aromatic amines is 1. The van der Waals surface area contributed by atoms with Gasteiger partial charge in [0.1, 0.15) is 0 Å². The molecule has 0 fully saturated rings. The van der Waals surface area contributed by atoms with E-state index in [-0.39, 0.29) is 11.7 Å². The van der Waals surface area contributed by atoms with Crippen LogP contribution in [0.25, 0.3) is 0 Å². The maximum atomic E-state index is 11.8. The highest BCUT2D eigenvalue weighted by atomic mass is 32.2. The minimum absolute atomic E-state index is 0.00724. The number of para-hydroxylation sites is 1. The van der Waals surface area contributed by atoms with Crippen molar-refractivity contribution in [1.82, 2.24) is 9.97 Å². The largest absolute Gasteiger partial charge is 0.398 e. The van der Waals surface area contributed by atoms with Crippen LogP contribution in [0.4, 0.5) is 11.6 Å². The standard InChI is InChI=1S/C11H14N4O2S2/c12-9-3-1-2-4-10(9)18-7-8-19(16,17)15-11-13-5-6-14-11/h1-6H,7-8,12H2,(H2,13,14,15). The van der Waals surface area contributed by atoms with E-state index in [1.807, 2.05) is 18.2 Å². The molecule has 4 N–H and O–H groups in total. The highest BCUT2D eigenvalue weighted by molar-refractivity contribution is 8.01. The van der Waals surface area contributed by atoms with E-state index in [0.29, 0.717) is 11.4 Å². The Bertz CT molecular complexity index is 626. The summed E-state index contributed by atoms with van der Waals surface area (Å²) in [6, 6.07) is 7.37. The average Bonchev–Trinajstić information content (AvgIpc) is 2.83. The van der Waals surface area contributed by atoms with E-state index in [2.05, 4.69) is 14.7 Å². The lowest BCUT2D eigenvalue weighted by atomic mass is 10.3. The lowest BCUT2D eigenvalue weighted by Gasteiger charge is -2.06. The zero-order chi connectivity index (χ0) is 13.7. The van der Waals surface area contributed by atoms with Gasteiger partial charge in [0.15, 0.2) is 0 Å². The first-order valence-electron chi connectivity index (χ1n) is 5.54. The smallest absolute Gasteiger partial charge is 0.235 e. The van der Waals surface area contributed by atoms with E-state index in [1.165, 1.54) is 18.0 Å². The Morgan fingerprint density at radius 2 is 2.16 bits per heavy atom. The summed E-state index contributed by atoms with van der Waals surface area (Å²) in [5.41, 5.74) is 6.44. The van der Waals surface area contributed by atoms with Crippen molar-refractivity contribution in [3.63, 3.8) is 0 Å². The Morgan fingerprint density at radius 1 is 1.37 bits per heavy atom. The predicted octanol–water partition coefficient (Wildman–Crippen LogP) is 1.53. The summed E-state index contributed by atoms with van der Waals surface area (Å²) in [5.74, 6) is 0.640. The molecule has 8 heteroatoms. The summed E-state index contributed by atoms with van der Waals surface area (Å²) in [6.07, 6.45) is 3.04.